The molecule has 5 aromatic carbocycles. The average molecular weight is 697 g/mol. The Bertz CT molecular complexity index is 1980. The third-order valence-electron chi connectivity index (χ3n) is 10.3. The summed E-state index contributed by atoms with van der Waals surface area (Å²) in [5.74, 6) is -1.61. The number of benzene rings is 5. The highest BCUT2D eigenvalue weighted by Gasteiger charge is 2.82. The smallest absolute Gasteiger partial charge is 0.239 e. The van der Waals surface area contributed by atoms with Gasteiger partial charge < -0.3 is 9.47 Å². The van der Waals surface area contributed by atoms with Gasteiger partial charge >= 0.3 is 0 Å². The summed E-state index contributed by atoms with van der Waals surface area (Å²) in [7, 11) is 3.22. The van der Waals surface area contributed by atoms with E-state index >= 15 is 14.4 Å². The monoisotopic (exact) mass is 695 g/mol. The first-order chi connectivity index (χ1) is 23.4. The topological polar surface area (TPSA) is 72.9 Å². The molecule has 1 aliphatic heterocycles. The van der Waals surface area contributed by atoms with E-state index in [1.165, 1.54) is 4.90 Å². The summed E-state index contributed by atoms with van der Waals surface area (Å²) < 4.78 is 11.9. The largest absolute Gasteiger partial charge is 0.497 e. The number of hydrogen-bond acceptors (Lipinski definition) is 5. The van der Waals surface area contributed by atoms with Crippen LogP contribution in [0.3, 0.4) is 0 Å². The van der Waals surface area contributed by atoms with Crippen molar-refractivity contribution < 1.29 is 23.9 Å². The number of ether oxygens (including phenoxy) is 2. The van der Waals surface area contributed by atoms with E-state index in [-0.39, 0.29) is 17.6 Å². The van der Waals surface area contributed by atoms with Gasteiger partial charge in [-0.2, -0.15) is 0 Å². The van der Waals surface area contributed by atoms with E-state index in [1.807, 2.05) is 121 Å². The molecular formula is C41H30BrNO5. The maximum Gasteiger partial charge on any atom is 0.239 e. The van der Waals surface area contributed by atoms with Gasteiger partial charge in [-0.25, -0.2) is 4.90 Å². The van der Waals surface area contributed by atoms with E-state index in [1.54, 1.807) is 26.4 Å². The number of rotatable bonds is 7. The number of ketones is 1. The summed E-state index contributed by atoms with van der Waals surface area (Å²) in [6, 6.07) is 41.4. The molecule has 5 aromatic rings. The van der Waals surface area contributed by atoms with Crippen molar-refractivity contribution in [1.82, 2.24) is 0 Å². The minimum absolute atomic E-state index is 0.170. The summed E-state index contributed by atoms with van der Waals surface area (Å²) in [4.78, 5) is 47.4. The molecule has 0 unspecified atom stereocenters. The maximum atomic E-state index is 16.0. The standard InChI is InChI=1S/C41H30BrNO5/c1-47-31-21-13-25(14-22-31)33-34(26-15-23-32(48-2)24-16-26)41(28-11-7-4-8-12-28)36-35(40(33,39(41)46)27-9-5-3-6-10-27)37(44)43(38(36)45)30-19-17-29(42)18-20-30/h3-24,35-36H,1-2H3/t35-,36+,40-,41-/m1/s1. The first-order valence-electron chi connectivity index (χ1n) is 15.7. The highest BCUT2D eigenvalue weighted by Crippen LogP contribution is 2.74. The lowest BCUT2D eigenvalue weighted by atomic mass is 9.59. The van der Waals surface area contributed by atoms with Crippen LogP contribution in [0.2, 0.25) is 0 Å². The predicted octanol–water partition coefficient (Wildman–Crippen LogP) is 7.66. The molecule has 1 heterocycles. The molecule has 48 heavy (non-hydrogen) atoms. The summed E-state index contributed by atoms with van der Waals surface area (Å²) in [6.07, 6.45) is 0. The van der Waals surface area contributed by atoms with Crippen LogP contribution >= 0.6 is 15.9 Å². The van der Waals surface area contributed by atoms with E-state index in [4.69, 9.17) is 9.47 Å². The molecule has 7 heteroatoms. The maximum absolute atomic E-state index is 16.0. The number of nitrogens with zero attached hydrogens (tertiary/aromatic N) is 1. The average Bonchev–Trinajstić information content (AvgIpc) is 3.65. The van der Waals surface area contributed by atoms with Gasteiger partial charge in [-0.15, -0.1) is 0 Å². The minimum Gasteiger partial charge on any atom is -0.497 e. The molecule has 0 aromatic heterocycles. The van der Waals surface area contributed by atoms with Gasteiger partial charge in [0, 0.05) is 4.47 Å². The molecule has 0 spiro atoms. The number of halogens is 1. The second-order valence-electron chi connectivity index (χ2n) is 12.3. The molecule has 3 aliphatic rings. The van der Waals surface area contributed by atoms with Crippen molar-refractivity contribution in [1.29, 1.82) is 0 Å². The Balaban J connectivity index is 1.54. The van der Waals surface area contributed by atoms with E-state index in [2.05, 4.69) is 15.9 Å². The van der Waals surface area contributed by atoms with Crippen molar-refractivity contribution in [3.05, 3.63) is 160 Å². The number of carbonyl (C=O) groups is 3. The molecule has 236 valence electrons. The minimum atomic E-state index is -1.48. The second-order valence-corrected chi connectivity index (χ2v) is 13.2. The second kappa shape index (κ2) is 11.2. The van der Waals surface area contributed by atoms with Gasteiger partial charge in [0.25, 0.3) is 0 Å². The number of Topliss-reactive ketones (excluding diaryl/α,β-unsaturated/α-hetero) is 1. The Morgan fingerprint density at radius 1 is 0.542 bits per heavy atom. The highest BCUT2D eigenvalue weighted by atomic mass is 79.9. The van der Waals surface area contributed by atoms with Gasteiger partial charge in [0.2, 0.25) is 11.8 Å². The van der Waals surface area contributed by atoms with Crippen LogP contribution in [0.25, 0.3) is 11.1 Å². The number of hydrogen-bond donors (Lipinski definition) is 0. The fraction of sp³-hybridized carbons (Fsp3) is 0.146. The Labute approximate surface area is 286 Å². The zero-order chi connectivity index (χ0) is 33.2. The van der Waals surface area contributed by atoms with E-state index in [0.29, 0.717) is 28.3 Å². The summed E-state index contributed by atoms with van der Waals surface area (Å²) in [5.41, 5.74) is 1.84. The number of anilines is 1. The Kier molecular flexibility index (Phi) is 7.00. The van der Waals surface area contributed by atoms with E-state index < -0.39 is 22.7 Å². The van der Waals surface area contributed by atoms with Crippen LogP contribution in [-0.4, -0.2) is 31.8 Å². The molecule has 1 saturated heterocycles. The molecule has 2 amide bonds. The van der Waals surface area contributed by atoms with Crippen LogP contribution in [0.1, 0.15) is 22.3 Å². The quantitative estimate of drug-likeness (QED) is 0.164. The Hall–Kier alpha value is -5.27. The molecule has 0 N–H and O–H groups in total. The third-order valence-corrected chi connectivity index (χ3v) is 10.8. The molecule has 2 bridgehead atoms. The molecule has 0 radical (unpaired) electrons. The summed E-state index contributed by atoms with van der Waals surface area (Å²) in [5, 5.41) is 0. The zero-order valence-corrected chi connectivity index (χ0v) is 27.8. The number of fused-ring (bicyclic) bond motifs is 5. The first-order valence-corrected chi connectivity index (χ1v) is 16.5. The van der Waals surface area contributed by atoms with Crippen molar-refractivity contribution >= 4 is 50.4 Å². The first kappa shape index (κ1) is 30.1. The fourth-order valence-corrected chi connectivity index (χ4v) is 8.75. The number of carbonyl (C=O) groups excluding carboxylic acids is 3. The molecule has 6 nitrogen and oxygen atoms in total. The lowest BCUT2D eigenvalue weighted by molar-refractivity contribution is -0.130. The SMILES string of the molecule is COc1ccc(C2=C(c3ccc(OC)cc3)[C@@]3(c4ccccc4)C(=O)[C@@]2(c2ccccc2)[C@@H]2C(=O)N(c4ccc(Br)cc4)C(=O)[C@@H]23)cc1. The van der Waals surface area contributed by atoms with Crippen molar-refractivity contribution in [3.63, 3.8) is 0 Å². The number of amides is 2. The molecular weight excluding hydrogens is 666 g/mol. The fourth-order valence-electron chi connectivity index (χ4n) is 8.48. The Morgan fingerprint density at radius 2 is 0.938 bits per heavy atom. The Morgan fingerprint density at radius 3 is 1.31 bits per heavy atom. The number of imide groups is 1. The lowest BCUT2D eigenvalue weighted by Crippen LogP contribution is -2.45. The molecule has 2 aliphatic carbocycles. The lowest BCUT2D eigenvalue weighted by Gasteiger charge is -2.39. The van der Waals surface area contributed by atoms with Crippen molar-refractivity contribution in [2.75, 3.05) is 19.1 Å². The van der Waals surface area contributed by atoms with Gasteiger partial charge in [-0.05, 0) is 81.9 Å². The van der Waals surface area contributed by atoms with Crippen molar-refractivity contribution in [2.45, 2.75) is 10.8 Å². The third kappa shape index (κ3) is 3.88. The molecule has 1 saturated carbocycles. The molecule has 8 rings (SSSR count). The van der Waals surface area contributed by atoms with Gasteiger partial charge in [0.1, 0.15) is 11.5 Å². The highest BCUT2D eigenvalue weighted by molar-refractivity contribution is 9.10. The number of allylic oxidation sites excluding steroid dienone is 2. The normalized spacial score (nSPS) is 24.3. The summed E-state index contributed by atoms with van der Waals surface area (Å²) in [6.45, 7) is 0. The zero-order valence-electron chi connectivity index (χ0n) is 26.2. The van der Waals surface area contributed by atoms with Crippen molar-refractivity contribution in [3.8, 4) is 11.5 Å². The predicted molar refractivity (Wildman–Crippen MR) is 188 cm³/mol. The van der Waals surface area contributed by atoms with Crippen LogP contribution < -0.4 is 14.4 Å². The number of methoxy groups -OCH3 is 2. The summed E-state index contributed by atoms with van der Waals surface area (Å²) >= 11 is 3.48. The van der Waals surface area contributed by atoms with Gasteiger partial charge in [0.05, 0.1) is 42.6 Å². The van der Waals surface area contributed by atoms with Crippen LogP contribution in [0.4, 0.5) is 5.69 Å². The van der Waals surface area contributed by atoms with Crippen LogP contribution in [0.15, 0.2) is 138 Å². The van der Waals surface area contributed by atoms with Gasteiger partial charge in [-0.3, -0.25) is 14.4 Å². The molecule has 2 fully saturated rings. The van der Waals surface area contributed by atoms with E-state index in [0.717, 1.165) is 26.7 Å². The van der Waals surface area contributed by atoms with Gasteiger partial charge in [0.15, 0.2) is 5.78 Å². The van der Waals surface area contributed by atoms with Gasteiger partial charge in [-0.1, -0.05) is 101 Å². The van der Waals surface area contributed by atoms with Crippen LogP contribution in [-0.2, 0) is 25.2 Å². The van der Waals surface area contributed by atoms with Crippen LogP contribution in [0.5, 0.6) is 11.5 Å². The van der Waals surface area contributed by atoms with Crippen LogP contribution in [0, 0.1) is 11.8 Å². The van der Waals surface area contributed by atoms with Crippen molar-refractivity contribution in [2.24, 2.45) is 11.8 Å². The molecule has 4 atom stereocenters. The van der Waals surface area contributed by atoms with E-state index in [9.17, 15) is 0 Å².